The number of carbonyl (C=O) groups excluding carboxylic acids is 4. The molecule has 0 aromatic heterocycles. The van der Waals surface area contributed by atoms with E-state index in [1.807, 2.05) is 0 Å². The first-order chi connectivity index (χ1) is 15.5. The number of amides is 1. The van der Waals surface area contributed by atoms with Crippen LogP contribution in [0.25, 0.3) is 5.76 Å². The van der Waals surface area contributed by atoms with E-state index in [1.54, 1.807) is 19.1 Å². The van der Waals surface area contributed by atoms with Gasteiger partial charge in [-0.3, -0.25) is 19.2 Å². The number of ketones is 2. The molecule has 10 nitrogen and oxygen atoms in total. The highest BCUT2D eigenvalue weighted by molar-refractivity contribution is 6.23. The zero-order chi connectivity index (χ0) is 24.4. The molecule has 6 N–H and O–H groups in total. The summed E-state index contributed by atoms with van der Waals surface area (Å²) in [6.07, 6.45) is -1.97. The smallest absolute Gasteiger partial charge is 0.305 e. The Morgan fingerprint density at radius 1 is 1.21 bits per heavy atom. The Hall–Kier alpha value is -3.66. The predicted octanol–water partition coefficient (Wildman–Crippen LogP) is 0.917. The lowest BCUT2D eigenvalue weighted by atomic mass is 9.55. The lowest BCUT2D eigenvalue weighted by Crippen LogP contribution is -2.64. The van der Waals surface area contributed by atoms with Crippen molar-refractivity contribution in [2.45, 2.75) is 44.3 Å². The van der Waals surface area contributed by atoms with Gasteiger partial charge in [-0.15, -0.1) is 0 Å². The van der Waals surface area contributed by atoms with Crippen molar-refractivity contribution in [1.29, 1.82) is 0 Å². The van der Waals surface area contributed by atoms with Gasteiger partial charge in [0.2, 0.25) is 5.78 Å². The van der Waals surface area contributed by atoms with Crippen molar-refractivity contribution in [3.05, 3.63) is 46.2 Å². The largest absolute Gasteiger partial charge is 0.508 e. The zero-order valence-electron chi connectivity index (χ0n) is 17.9. The second-order valence-electron chi connectivity index (χ2n) is 8.54. The van der Waals surface area contributed by atoms with Crippen molar-refractivity contribution in [1.82, 2.24) is 0 Å². The fraction of sp³-hybridized carbons (Fsp3) is 0.391. The number of rotatable bonds is 3. The topological polar surface area (TPSA) is 184 Å². The third-order valence-corrected chi connectivity index (χ3v) is 6.89. The van der Waals surface area contributed by atoms with E-state index in [1.165, 1.54) is 13.0 Å². The van der Waals surface area contributed by atoms with Crippen LogP contribution in [0.3, 0.4) is 0 Å². The Morgan fingerprint density at radius 2 is 1.88 bits per heavy atom. The van der Waals surface area contributed by atoms with E-state index in [-0.39, 0.29) is 23.3 Å². The second kappa shape index (κ2) is 7.45. The number of aromatic hydroxyl groups is 1. The summed E-state index contributed by atoms with van der Waals surface area (Å²) < 4.78 is 5.59. The third kappa shape index (κ3) is 2.90. The van der Waals surface area contributed by atoms with Crippen LogP contribution < -0.4 is 5.73 Å². The predicted molar refractivity (Wildman–Crippen MR) is 112 cm³/mol. The maximum absolute atomic E-state index is 13.6. The molecule has 1 fully saturated rings. The van der Waals surface area contributed by atoms with Gasteiger partial charge in [-0.05, 0) is 17.5 Å². The van der Waals surface area contributed by atoms with Crippen molar-refractivity contribution in [3.8, 4) is 5.75 Å². The average molecular weight is 457 g/mol. The summed E-state index contributed by atoms with van der Waals surface area (Å²) in [5.74, 6) is -9.33. The Labute approximate surface area is 188 Å². The molecule has 1 aromatic rings. The number of Topliss-reactive ketones (excluding diaryl/α,β-unsaturated/α-hetero) is 2. The summed E-state index contributed by atoms with van der Waals surface area (Å²) in [5, 5.41) is 43.6. The van der Waals surface area contributed by atoms with Crippen molar-refractivity contribution in [2.24, 2.45) is 17.6 Å². The van der Waals surface area contributed by atoms with E-state index in [9.17, 15) is 39.6 Å². The summed E-state index contributed by atoms with van der Waals surface area (Å²) in [4.78, 5) is 50.3. The minimum atomic E-state index is -2.85. The molecule has 0 saturated heterocycles. The van der Waals surface area contributed by atoms with E-state index >= 15 is 0 Å². The Bertz CT molecular complexity index is 1180. The number of phenols is 1. The minimum absolute atomic E-state index is 0.0299. The maximum atomic E-state index is 13.6. The number of ether oxygens (including phenoxy) is 1. The Kier molecular flexibility index (Phi) is 5.08. The Morgan fingerprint density at radius 3 is 2.48 bits per heavy atom. The van der Waals surface area contributed by atoms with E-state index in [0.717, 1.165) is 0 Å². The maximum Gasteiger partial charge on any atom is 0.305 e. The molecule has 1 saturated carbocycles. The summed E-state index contributed by atoms with van der Waals surface area (Å²) in [6, 6.07) is 4.49. The molecule has 33 heavy (non-hydrogen) atoms. The zero-order valence-corrected chi connectivity index (χ0v) is 17.9. The first-order valence-electron chi connectivity index (χ1n) is 10.4. The average Bonchev–Trinajstić information content (AvgIpc) is 2.75. The van der Waals surface area contributed by atoms with E-state index in [2.05, 4.69) is 0 Å². The molecule has 1 amide bonds. The van der Waals surface area contributed by atoms with Crippen LogP contribution in [0.5, 0.6) is 5.75 Å². The van der Waals surface area contributed by atoms with Crippen molar-refractivity contribution >= 4 is 29.2 Å². The number of benzene rings is 1. The molecule has 174 valence electrons. The first kappa shape index (κ1) is 22.5. The van der Waals surface area contributed by atoms with Gasteiger partial charge < -0.3 is 30.9 Å². The highest BCUT2D eigenvalue weighted by Crippen LogP contribution is 2.56. The van der Waals surface area contributed by atoms with Crippen molar-refractivity contribution < 1.29 is 44.3 Å². The molecule has 0 unspecified atom stereocenters. The van der Waals surface area contributed by atoms with Crippen LogP contribution in [-0.2, 0) is 23.9 Å². The van der Waals surface area contributed by atoms with E-state index < -0.39 is 76.4 Å². The number of esters is 1. The van der Waals surface area contributed by atoms with Gasteiger partial charge in [0.1, 0.15) is 28.9 Å². The molecule has 3 aliphatic carbocycles. The highest BCUT2D eigenvalue weighted by atomic mass is 16.5. The quantitative estimate of drug-likeness (QED) is 0.325. The molecule has 0 heterocycles. The van der Waals surface area contributed by atoms with Gasteiger partial charge in [-0.1, -0.05) is 26.0 Å². The molecule has 10 heteroatoms. The monoisotopic (exact) mass is 457 g/mol. The lowest BCUT2D eigenvalue weighted by Gasteiger charge is -2.51. The molecule has 1 aromatic carbocycles. The molecular weight excluding hydrogens is 434 g/mol. The molecule has 5 atom stereocenters. The van der Waals surface area contributed by atoms with Crippen LogP contribution >= 0.6 is 0 Å². The molecule has 0 radical (unpaired) electrons. The number of hydrogen-bond donors (Lipinski definition) is 5. The van der Waals surface area contributed by atoms with Gasteiger partial charge in [0.15, 0.2) is 11.4 Å². The summed E-state index contributed by atoms with van der Waals surface area (Å²) >= 11 is 0. The van der Waals surface area contributed by atoms with Crippen LogP contribution in [0.15, 0.2) is 35.1 Å². The molecular formula is C23H23NO9. The van der Waals surface area contributed by atoms with Crippen LogP contribution in [0.2, 0.25) is 0 Å². The van der Waals surface area contributed by atoms with Crippen LogP contribution in [-0.4, -0.2) is 55.6 Å². The molecule has 0 bridgehead atoms. The van der Waals surface area contributed by atoms with Crippen LogP contribution in [0.4, 0.5) is 0 Å². The van der Waals surface area contributed by atoms with Gasteiger partial charge >= 0.3 is 5.97 Å². The number of fused-ring (bicyclic) bond motifs is 3. The summed E-state index contributed by atoms with van der Waals surface area (Å²) in [6.45, 7) is 3.22. The van der Waals surface area contributed by atoms with Gasteiger partial charge in [0.05, 0.1) is 5.56 Å². The van der Waals surface area contributed by atoms with Crippen molar-refractivity contribution in [2.75, 3.05) is 0 Å². The number of aliphatic hydroxyl groups is 3. The number of aliphatic hydroxyl groups excluding tert-OH is 2. The number of phenolic OH excluding ortho intramolecular Hbond substituents is 1. The summed E-state index contributed by atoms with van der Waals surface area (Å²) in [7, 11) is 0. The van der Waals surface area contributed by atoms with Gasteiger partial charge in [0.25, 0.3) is 5.91 Å². The standard InChI is InChI=1S/C23H23NO9/c1-3-13(27)33-19-10-7-12(26)16(22(24)31)20(29)23(10,32)21(30)17-14(19)8(2)9-5-4-6-11(25)15(9)18(17)28/h4-6,8,10,14,19,25,28-29,32H,3,7H2,1-2H3,(H2,24,31)/t8-,10+,14+,19+,23+/m0/s1. The third-order valence-electron chi connectivity index (χ3n) is 6.89. The molecule has 3 aliphatic rings. The first-order valence-corrected chi connectivity index (χ1v) is 10.4. The van der Waals surface area contributed by atoms with E-state index in [0.29, 0.717) is 5.56 Å². The number of carbonyl (C=O) groups is 4. The minimum Gasteiger partial charge on any atom is -0.508 e. The number of hydrogen-bond acceptors (Lipinski definition) is 9. The summed E-state index contributed by atoms with van der Waals surface area (Å²) in [5.41, 5.74) is 1.48. The molecule has 0 aliphatic heterocycles. The van der Waals surface area contributed by atoms with Crippen LogP contribution in [0.1, 0.15) is 43.7 Å². The second-order valence-corrected chi connectivity index (χ2v) is 8.54. The number of primary amides is 1. The lowest BCUT2D eigenvalue weighted by molar-refractivity contribution is -0.178. The number of nitrogens with two attached hydrogens (primary N) is 1. The molecule has 0 spiro atoms. The highest BCUT2D eigenvalue weighted by Gasteiger charge is 2.66. The van der Waals surface area contributed by atoms with Crippen molar-refractivity contribution in [3.63, 3.8) is 0 Å². The van der Waals surface area contributed by atoms with Crippen LogP contribution in [0, 0.1) is 11.8 Å². The fourth-order valence-electron chi connectivity index (χ4n) is 5.32. The SMILES string of the molecule is CCC(=O)O[C@H]1[C@H]2C(=C(O)c3c(O)cccc3[C@@H]2C)C(=O)[C@]2(O)C(O)=C(C(N)=O)C(=O)C[C@H]12. The van der Waals surface area contributed by atoms with E-state index in [4.69, 9.17) is 10.5 Å². The normalized spacial score (nSPS) is 31.0. The molecule has 4 rings (SSSR count). The fourth-order valence-corrected chi connectivity index (χ4v) is 5.32. The Balaban J connectivity index is 2.04. The van der Waals surface area contributed by atoms with Gasteiger partial charge in [0, 0.05) is 30.3 Å². The van der Waals surface area contributed by atoms with Gasteiger partial charge in [-0.2, -0.15) is 0 Å². The van der Waals surface area contributed by atoms with Gasteiger partial charge in [-0.25, -0.2) is 0 Å².